The SMILES string of the molecule is Cc1cccc(C(=O)N[C@H](C(=O)OCC(=O)N(CC(C)C)C2CCS(=O)(=O)C2)C(C)C)c1. The number of aryl methyl sites for hydroxylation is 1. The summed E-state index contributed by atoms with van der Waals surface area (Å²) in [5, 5.41) is 2.69. The first kappa shape index (κ1) is 25.8. The number of nitrogens with one attached hydrogen (secondary N) is 1. The van der Waals surface area contributed by atoms with Gasteiger partial charge in [0.15, 0.2) is 16.4 Å². The third-order valence-corrected chi connectivity index (χ3v) is 7.11. The lowest BCUT2D eigenvalue weighted by Gasteiger charge is -2.30. The Kier molecular flexibility index (Phi) is 8.83. The molecule has 2 atom stereocenters. The molecule has 0 bridgehead atoms. The summed E-state index contributed by atoms with van der Waals surface area (Å²) >= 11 is 0. The smallest absolute Gasteiger partial charge is 0.329 e. The average molecular weight is 467 g/mol. The van der Waals surface area contributed by atoms with E-state index in [0.717, 1.165) is 5.56 Å². The maximum Gasteiger partial charge on any atom is 0.329 e. The molecule has 1 aromatic carbocycles. The predicted molar refractivity (Wildman–Crippen MR) is 122 cm³/mol. The zero-order valence-electron chi connectivity index (χ0n) is 19.5. The van der Waals surface area contributed by atoms with E-state index in [2.05, 4.69) is 5.32 Å². The van der Waals surface area contributed by atoms with E-state index < -0.39 is 46.3 Å². The van der Waals surface area contributed by atoms with Gasteiger partial charge in [-0.25, -0.2) is 13.2 Å². The van der Waals surface area contributed by atoms with E-state index >= 15 is 0 Å². The summed E-state index contributed by atoms with van der Waals surface area (Å²) in [6, 6.07) is 5.69. The molecule has 1 heterocycles. The number of amides is 2. The van der Waals surface area contributed by atoms with E-state index in [4.69, 9.17) is 4.74 Å². The van der Waals surface area contributed by atoms with Crippen LogP contribution in [0.4, 0.5) is 0 Å². The van der Waals surface area contributed by atoms with Gasteiger partial charge in [-0.05, 0) is 37.3 Å². The molecule has 1 N–H and O–H groups in total. The van der Waals surface area contributed by atoms with Gasteiger partial charge in [-0.1, -0.05) is 45.4 Å². The predicted octanol–water partition coefficient (Wildman–Crippen LogP) is 1.96. The molecule has 0 aromatic heterocycles. The first-order chi connectivity index (χ1) is 14.9. The van der Waals surface area contributed by atoms with Crippen molar-refractivity contribution in [1.29, 1.82) is 0 Å². The van der Waals surface area contributed by atoms with Crippen molar-refractivity contribution in [1.82, 2.24) is 10.2 Å². The molecule has 178 valence electrons. The lowest BCUT2D eigenvalue weighted by Crippen LogP contribution is -2.48. The van der Waals surface area contributed by atoms with Gasteiger partial charge in [0.1, 0.15) is 6.04 Å². The highest BCUT2D eigenvalue weighted by Crippen LogP contribution is 2.19. The fourth-order valence-corrected chi connectivity index (χ4v) is 5.41. The van der Waals surface area contributed by atoms with E-state index in [1.807, 2.05) is 26.8 Å². The van der Waals surface area contributed by atoms with Crippen LogP contribution in [-0.2, 0) is 24.2 Å². The highest BCUT2D eigenvalue weighted by Gasteiger charge is 2.35. The maximum atomic E-state index is 12.8. The number of nitrogens with zero attached hydrogens (tertiary/aromatic N) is 1. The number of rotatable bonds is 9. The number of sulfone groups is 1. The number of hydrogen-bond donors (Lipinski definition) is 1. The fraction of sp³-hybridized carbons (Fsp3) is 0.609. The molecule has 2 rings (SSSR count). The molecule has 0 spiro atoms. The van der Waals surface area contributed by atoms with Crippen LogP contribution in [0.5, 0.6) is 0 Å². The highest BCUT2D eigenvalue weighted by molar-refractivity contribution is 7.91. The van der Waals surface area contributed by atoms with Crippen molar-refractivity contribution in [2.24, 2.45) is 11.8 Å². The van der Waals surface area contributed by atoms with Gasteiger partial charge in [-0.3, -0.25) is 9.59 Å². The molecule has 8 nitrogen and oxygen atoms in total. The quantitative estimate of drug-likeness (QED) is 0.557. The Morgan fingerprint density at radius 3 is 2.41 bits per heavy atom. The number of hydrogen-bond acceptors (Lipinski definition) is 6. The minimum Gasteiger partial charge on any atom is -0.454 e. The topological polar surface area (TPSA) is 110 Å². The van der Waals surface area contributed by atoms with E-state index in [1.165, 1.54) is 4.90 Å². The monoisotopic (exact) mass is 466 g/mol. The van der Waals surface area contributed by atoms with Crippen molar-refractivity contribution < 1.29 is 27.5 Å². The Labute approximate surface area is 190 Å². The van der Waals surface area contributed by atoms with Gasteiger partial charge in [0.25, 0.3) is 11.8 Å². The molecule has 0 radical (unpaired) electrons. The Hall–Kier alpha value is -2.42. The van der Waals surface area contributed by atoms with Crippen molar-refractivity contribution in [3.8, 4) is 0 Å². The number of esters is 1. The molecule has 32 heavy (non-hydrogen) atoms. The fourth-order valence-electron chi connectivity index (χ4n) is 3.68. The number of benzene rings is 1. The lowest BCUT2D eigenvalue weighted by molar-refractivity contribution is -0.155. The minimum atomic E-state index is -3.16. The molecule has 1 unspecified atom stereocenters. The molecule has 0 saturated carbocycles. The first-order valence-corrected chi connectivity index (χ1v) is 12.8. The molecule has 2 amide bonds. The van der Waals surface area contributed by atoms with Crippen molar-refractivity contribution in [3.63, 3.8) is 0 Å². The molecule has 0 aliphatic carbocycles. The molecular formula is C23H34N2O6S. The van der Waals surface area contributed by atoms with Crippen LogP contribution in [0.3, 0.4) is 0 Å². The third-order valence-electron chi connectivity index (χ3n) is 5.36. The summed E-state index contributed by atoms with van der Waals surface area (Å²) in [6.07, 6.45) is 0.385. The van der Waals surface area contributed by atoms with Gasteiger partial charge in [0.2, 0.25) is 0 Å². The molecule has 9 heteroatoms. The summed E-state index contributed by atoms with van der Waals surface area (Å²) in [4.78, 5) is 39.6. The van der Waals surface area contributed by atoms with Gasteiger partial charge in [-0.2, -0.15) is 0 Å². The summed E-state index contributed by atoms with van der Waals surface area (Å²) < 4.78 is 29.0. The third kappa shape index (κ3) is 7.32. The maximum absolute atomic E-state index is 12.8. The zero-order valence-corrected chi connectivity index (χ0v) is 20.3. The second kappa shape index (κ2) is 10.9. The second-order valence-electron chi connectivity index (χ2n) is 9.17. The highest BCUT2D eigenvalue weighted by atomic mass is 32.2. The van der Waals surface area contributed by atoms with Crippen LogP contribution in [0.25, 0.3) is 0 Å². The van der Waals surface area contributed by atoms with Crippen LogP contribution in [0, 0.1) is 18.8 Å². The van der Waals surface area contributed by atoms with E-state index in [-0.39, 0.29) is 23.3 Å². The Morgan fingerprint density at radius 1 is 1.19 bits per heavy atom. The van der Waals surface area contributed by atoms with Gasteiger partial charge < -0.3 is 15.0 Å². The van der Waals surface area contributed by atoms with Crippen LogP contribution < -0.4 is 5.32 Å². The first-order valence-electron chi connectivity index (χ1n) is 10.9. The molecule has 1 saturated heterocycles. The van der Waals surface area contributed by atoms with Crippen LogP contribution in [-0.4, -0.2) is 67.8 Å². The molecule has 1 aromatic rings. The van der Waals surface area contributed by atoms with Gasteiger partial charge in [0, 0.05) is 18.2 Å². The normalized spacial score (nSPS) is 18.4. The molecular weight excluding hydrogens is 432 g/mol. The summed E-state index contributed by atoms with van der Waals surface area (Å²) in [5.41, 5.74) is 1.36. The summed E-state index contributed by atoms with van der Waals surface area (Å²) in [6.45, 7) is 9.18. The minimum absolute atomic E-state index is 0.0553. The molecule has 1 fully saturated rings. The van der Waals surface area contributed by atoms with Crippen LogP contribution in [0.2, 0.25) is 0 Å². The number of ether oxygens (including phenoxy) is 1. The lowest BCUT2D eigenvalue weighted by atomic mass is 10.0. The van der Waals surface area contributed by atoms with Crippen LogP contribution in [0.15, 0.2) is 24.3 Å². The van der Waals surface area contributed by atoms with Gasteiger partial charge >= 0.3 is 5.97 Å². The Balaban J connectivity index is 2.02. The average Bonchev–Trinajstić information content (AvgIpc) is 3.06. The van der Waals surface area contributed by atoms with Crippen molar-refractivity contribution in [2.75, 3.05) is 24.7 Å². The van der Waals surface area contributed by atoms with Crippen molar-refractivity contribution in [2.45, 2.75) is 53.1 Å². The van der Waals surface area contributed by atoms with E-state index in [9.17, 15) is 22.8 Å². The van der Waals surface area contributed by atoms with Crippen LogP contribution in [0.1, 0.15) is 50.0 Å². The largest absolute Gasteiger partial charge is 0.454 e. The number of carbonyl (C=O) groups is 3. The van der Waals surface area contributed by atoms with E-state index in [0.29, 0.717) is 18.5 Å². The Morgan fingerprint density at radius 2 is 1.88 bits per heavy atom. The van der Waals surface area contributed by atoms with Crippen LogP contribution >= 0.6 is 0 Å². The van der Waals surface area contributed by atoms with Crippen molar-refractivity contribution in [3.05, 3.63) is 35.4 Å². The summed E-state index contributed by atoms with van der Waals surface area (Å²) in [7, 11) is -3.16. The van der Waals surface area contributed by atoms with E-state index in [1.54, 1.807) is 32.0 Å². The standard InChI is InChI=1S/C23H34N2O6S/c1-15(2)12-25(19-9-10-32(29,30)14-19)20(26)13-31-23(28)21(16(3)4)24-22(27)18-8-6-7-17(5)11-18/h6-8,11,15-16,19,21H,9-10,12-14H2,1-5H3,(H,24,27)/t19?,21-/m0/s1. The van der Waals surface area contributed by atoms with Crippen molar-refractivity contribution >= 4 is 27.6 Å². The summed E-state index contributed by atoms with van der Waals surface area (Å²) in [5.74, 6) is -1.65. The zero-order chi connectivity index (χ0) is 24.1. The van der Waals surface area contributed by atoms with Gasteiger partial charge in [-0.15, -0.1) is 0 Å². The van der Waals surface area contributed by atoms with Gasteiger partial charge in [0.05, 0.1) is 11.5 Å². The number of carbonyl (C=O) groups excluding carboxylic acids is 3. The molecule has 1 aliphatic heterocycles. The molecule has 1 aliphatic rings. The Bertz CT molecular complexity index is 942. The second-order valence-corrected chi connectivity index (χ2v) is 11.4.